The SMILES string of the molecule is CCS(=O)(=O)c1c(OC(C)C)ccc2c(C(=O)N[C@@H](C)c3ccccc3)c(CN3CCC(N4CCCC4)CC3)c(-c3cccc(C(F)(F)F)c3)nc12. The Labute approximate surface area is 304 Å². The number of rotatable bonds is 11. The van der Waals surface area contributed by atoms with E-state index in [1.54, 1.807) is 26.0 Å². The van der Waals surface area contributed by atoms with E-state index in [0.717, 1.165) is 56.7 Å². The number of sulfone groups is 1. The number of pyridine rings is 1. The van der Waals surface area contributed by atoms with Crippen LogP contribution in [-0.2, 0) is 22.6 Å². The minimum Gasteiger partial charge on any atom is -0.490 e. The number of aromatic nitrogens is 1. The van der Waals surface area contributed by atoms with Crippen LogP contribution in [0, 0.1) is 0 Å². The Morgan fingerprint density at radius 2 is 1.65 bits per heavy atom. The molecular formula is C40H47F3N4O4S. The number of carbonyl (C=O) groups excluding carboxylic acids is 1. The Bertz CT molecular complexity index is 2010. The van der Waals surface area contributed by atoms with E-state index in [9.17, 15) is 26.4 Å². The van der Waals surface area contributed by atoms with Crippen LogP contribution in [0.4, 0.5) is 13.2 Å². The number of ether oxygens (including phenoxy) is 1. The molecule has 1 amide bonds. The maximum absolute atomic E-state index is 14.7. The van der Waals surface area contributed by atoms with Gasteiger partial charge in [0.1, 0.15) is 10.6 Å². The molecule has 3 heterocycles. The summed E-state index contributed by atoms with van der Waals surface area (Å²) in [6, 6.07) is 17.5. The van der Waals surface area contributed by atoms with Gasteiger partial charge in [-0.15, -0.1) is 0 Å². The first kappa shape index (κ1) is 37.7. The Morgan fingerprint density at radius 3 is 2.29 bits per heavy atom. The lowest BCUT2D eigenvalue weighted by atomic mass is 9.93. The van der Waals surface area contributed by atoms with Gasteiger partial charge in [0.05, 0.1) is 40.2 Å². The molecule has 1 atom stereocenters. The highest BCUT2D eigenvalue weighted by molar-refractivity contribution is 7.91. The van der Waals surface area contributed by atoms with Crippen LogP contribution in [-0.4, -0.2) is 73.2 Å². The largest absolute Gasteiger partial charge is 0.490 e. The fourth-order valence-electron chi connectivity index (χ4n) is 7.48. The van der Waals surface area contributed by atoms with Crippen LogP contribution in [0.15, 0.2) is 71.6 Å². The second-order valence-corrected chi connectivity index (χ2v) is 16.3. The Kier molecular flexibility index (Phi) is 11.3. The van der Waals surface area contributed by atoms with E-state index in [-0.39, 0.29) is 51.4 Å². The average Bonchev–Trinajstić information content (AvgIpc) is 3.66. The van der Waals surface area contributed by atoms with Gasteiger partial charge in [0, 0.05) is 29.1 Å². The van der Waals surface area contributed by atoms with Gasteiger partial charge in [-0.2, -0.15) is 13.2 Å². The summed E-state index contributed by atoms with van der Waals surface area (Å²) in [4.78, 5) is 24.2. The molecule has 0 radical (unpaired) electrons. The van der Waals surface area contributed by atoms with Gasteiger partial charge in [-0.05, 0) is 102 Å². The van der Waals surface area contributed by atoms with E-state index in [1.165, 1.54) is 31.9 Å². The second kappa shape index (κ2) is 15.5. The lowest BCUT2D eigenvalue weighted by Crippen LogP contribution is -2.43. The molecule has 2 aliphatic rings. The van der Waals surface area contributed by atoms with Crippen molar-refractivity contribution in [3.63, 3.8) is 0 Å². The highest BCUT2D eigenvalue weighted by Crippen LogP contribution is 2.40. The number of carbonyl (C=O) groups is 1. The zero-order chi connectivity index (χ0) is 37.2. The minimum atomic E-state index is -4.63. The van der Waals surface area contributed by atoms with Crippen LogP contribution < -0.4 is 10.1 Å². The second-order valence-electron chi connectivity index (χ2n) is 14.1. The quantitative estimate of drug-likeness (QED) is 0.167. The molecule has 0 bridgehead atoms. The van der Waals surface area contributed by atoms with Crippen molar-refractivity contribution in [1.29, 1.82) is 0 Å². The van der Waals surface area contributed by atoms with Gasteiger partial charge >= 0.3 is 6.18 Å². The van der Waals surface area contributed by atoms with Crippen molar-refractivity contribution in [2.75, 3.05) is 31.9 Å². The number of benzene rings is 3. The van der Waals surface area contributed by atoms with Crippen molar-refractivity contribution in [2.45, 2.75) is 89.2 Å². The van der Waals surface area contributed by atoms with E-state index in [1.807, 2.05) is 37.3 Å². The molecule has 12 heteroatoms. The third kappa shape index (κ3) is 8.14. The van der Waals surface area contributed by atoms with Crippen molar-refractivity contribution in [2.24, 2.45) is 0 Å². The lowest BCUT2D eigenvalue weighted by Gasteiger charge is -2.37. The molecule has 278 valence electrons. The molecule has 2 saturated heterocycles. The van der Waals surface area contributed by atoms with Crippen molar-refractivity contribution in [3.05, 3.63) is 89.0 Å². The summed E-state index contributed by atoms with van der Waals surface area (Å²) >= 11 is 0. The van der Waals surface area contributed by atoms with Crippen molar-refractivity contribution in [1.82, 2.24) is 20.1 Å². The molecule has 0 spiro atoms. The number of piperidine rings is 1. The van der Waals surface area contributed by atoms with Crippen LogP contribution in [0.1, 0.15) is 86.5 Å². The number of amides is 1. The van der Waals surface area contributed by atoms with Crippen LogP contribution in [0.2, 0.25) is 0 Å². The molecule has 2 aliphatic heterocycles. The number of hydrogen-bond acceptors (Lipinski definition) is 7. The maximum atomic E-state index is 14.7. The predicted molar refractivity (Wildman–Crippen MR) is 197 cm³/mol. The van der Waals surface area contributed by atoms with Crippen LogP contribution in [0.3, 0.4) is 0 Å². The molecule has 3 aromatic carbocycles. The summed E-state index contributed by atoms with van der Waals surface area (Å²) in [7, 11) is -4.01. The topological polar surface area (TPSA) is 91.8 Å². The standard InChI is InChI=1S/C40H47F3N4O4S/c1-5-52(49,50)38-34(51-26(2)3)17-16-32-35(39(48)44-27(4)28-12-7-6-8-13-28)33(25-46-22-18-31(19-23-46)47-20-9-10-21-47)36(45-37(32)38)29-14-11-15-30(24-29)40(41,42)43/h6-8,11-17,24,26-27,31H,5,9-10,18-23,25H2,1-4H3,(H,44,48)/t27-/m0/s1. The van der Waals surface area contributed by atoms with Gasteiger partial charge in [0.25, 0.3) is 5.91 Å². The predicted octanol–water partition coefficient (Wildman–Crippen LogP) is 8.05. The van der Waals surface area contributed by atoms with E-state index < -0.39 is 33.5 Å². The van der Waals surface area contributed by atoms with Gasteiger partial charge < -0.3 is 15.0 Å². The third-order valence-corrected chi connectivity index (χ3v) is 11.9. The Morgan fingerprint density at radius 1 is 0.962 bits per heavy atom. The molecule has 1 aromatic heterocycles. The molecular weight excluding hydrogens is 690 g/mol. The summed E-state index contributed by atoms with van der Waals surface area (Å²) in [5, 5.41) is 3.40. The number of hydrogen-bond donors (Lipinski definition) is 1. The normalized spacial score (nSPS) is 17.2. The van der Waals surface area contributed by atoms with Crippen LogP contribution in [0.5, 0.6) is 5.75 Å². The van der Waals surface area contributed by atoms with Crippen molar-refractivity contribution < 1.29 is 31.1 Å². The Balaban J connectivity index is 1.59. The fraction of sp³-hybridized carbons (Fsp3) is 0.450. The molecule has 52 heavy (non-hydrogen) atoms. The molecule has 2 fully saturated rings. The molecule has 0 saturated carbocycles. The zero-order valence-corrected chi connectivity index (χ0v) is 31.0. The summed E-state index contributed by atoms with van der Waals surface area (Å²) in [5.74, 6) is -0.676. The van der Waals surface area contributed by atoms with E-state index in [0.29, 0.717) is 17.0 Å². The summed E-state index contributed by atoms with van der Waals surface area (Å²) in [6.45, 7) is 10.8. The highest BCUT2D eigenvalue weighted by Gasteiger charge is 2.34. The molecule has 4 aromatic rings. The lowest BCUT2D eigenvalue weighted by molar-refractivity contribution is -0.137. The number of likely N-dealkylation sites (tertiary alicyclic amines) is 2. The smallest absolute Gasteiger partial charge is 0.416 e. The summed E-state index contributed by atoms with van der Waals surface area (Å²) < 4.78 is 76.1. The van der Waals surface area contributed by atoms with Crippen molar-refractivity contribution in [3.8, 4) is 17.0 Å². The molecule has 1 N–H and O–H groups in total. The first-order valence-corrected chi connectivity index (χ1v) is 19.8. The Hall–Kier alpha value is -4.00. The number of halogens is 3. The third-order valence-electron chi connectivity index (χ3n) is 10.2. The van der Waals surface area contributed by atoms with Gasteiger partial charge in [-0.3, -0.25) is 9.69 Å². The van der Waals surface area contributed by atoms with Gasteiger partial charge in [0.2, 0.25) is 0 Å². The maximum Gasteiger partial charge on any atom is 0.416 e. The molecule has 0 unspecified atom stereocenters. The van der Waals surface area contributed by atoms with Gasteiger partial charge in [-0.25, -0.2) is 13.4 Å². The summed E-state index contributed by atoms with van der Waals surface area (Å²) in [6.07, 6.45) is -0.762. The fourth-order valence-corrected chi connectivity index (χ4v) is 8.64. The number of nitrogens with one attached hydrogen (secondary N) is 1. The van der Waals surface area contributed by atoms with E-state index in [2.05, 4.69) is 15.1 Å². The molecule has 8 nitrogen and oxygen atoms in total. The highest BCUT2D eigenvalue weighted by atomic mass is 32.2. The summed E-state index contributed by atoms with van der Waals surface area (Å²) in [5.41, 5.74) is 0.880. The first-order chi connectivity index (χ1) is 24.8. The van der Waals surface area contributed by atoms with Crippen molar-refractivity contribution >= 4 is 26.6 Å². The monoisotopic (exact) mass is 736 g/mol. The molecule has 6 rings (SSSR count). The molecule has 0 aliphatic carbocycles. The number of nitrogens with zero attached hydrogens (tertiary/aromatic N) is 3. The number of alkyl halides is 3. The van der Waals surface area contributed by atoms with Crippen LogP contribution >= 0.6 is 0 Å². The number of fused-ring (bicyclic) bond motifs is 1. The van der Waals surface area contributed by atoms with Gasteiger partial charge in [0.15, 0.2) is 9.84 Å². The zero-order valence-electron chi connectivity index (χ0n) is 30.2. The first-order valence-electron chi connectivity index (χ1n) is 18.2. The van der Waals surface area contributed by atoms with Gasteiger partial charge in [-0.1, -0.05) is 49.4 Å². The van der Waals surface area contributed by atoms with E-state index >= 15 is 0 Å². The minimum absolute atomic E-state index is 0.0126. The average molecular weight is 737 g/mol. The van der Waals surface area contributed by atoms with Crippen LogP contribution in [0.25, 0.3) is 22.2 Å². The van der Waals surface area contributed by atoms with E-state index in [4.69, 9.17) is 9.72 Å².